The molecule has 0 bridgehead atoms. The van der Waals surface area contributed by atoms with Crippen LogP contribution in [0, 0.1) is 0 Å². The van der Waals surface area contributed by atoms with Gasteiger partial charge >= 0.3 is 0 Å². The summed E-state index contributed by atoms with van der Waals surface area (Å²) in [6.07, 6.45) is 0. The van der Waals surface area contributed by atoms with Crippen molar-refractivity contribution in [2.75, 3.05) is 14.2 Å². The van der Waals surface area contributed by atoms with Gasteiger partial charge in [-0.25, -0.2) is 0 Å². The number of amides is 1. The number of methoxy groups -OCH3 is 2. The molecule has 1 N–H and O–H groups in total. The number of carbonyl (C=O) groups is 1. The van der Waals surface area contributed by atoms with Crippen molar-refractivity contribution in [1.29, 1.82) is 0 Å². The average Bonchev–Trinajstić information content (AvgIpc) is 2.90. The van der Waals surface area contributed by atoms with Crippen molar-refractivity contribution in [3.63, 3.8) is 0 Å². The lowest BCUT2D eigenvalue weighted by Gasteiger charge is -2.11. The number of carbonyl (C=O) groups excluding carboxylic acids is 1. The molecule has 0 spiro atoms. The fourth-order valence-electron chi connectivity index (χ4n) is 2.86. The smallest absolute Gasteiger partial charge is 0.269 e. The average molecular weight is 403 g/mol. The number of rotatable bonds is 5. The zero-order valence-corrected chi connectivity index (χ0v) is 15.9. The topological polar surface area (TPSA) is 52.5 Å². The number of nitrogens with one attached hydrogen (secondary N) is 1. The van der Waals surface area contributed by atoms with Crippen molar-refractivity contribution in [2.24, 2.45) is 7.05 Å². The van der Waals surface area contributed by atoms with Crippen LogP contribution in [0.1, 0.15) is 16.1 Å². The van der Waals surface area contributed by atoms with Crippen molar-refractivity contribution in [3.8, 4) is 11.5 Å². The highest BCUT2D eigenvalue weighted by Crippen LogP contribution is 2.30. The van der Waals surface area contributed by atoms with E-state index in [9.17, 15) is 4.79 Å². The molecule has 6 heteroatoms. The Morgan fingerprint density at radius 3 is 2.52 bits per heavy atom. The minimum atomic E-state index is -0.139. The largest absolute Gasteiger partial charge is 0.493 e. The van der Waals surface area contributed by atoms with Crippen LogP contribution in [0.5, 0.6) is 11.5 Å². The molecule has 0 unspecified atom stereocenters. The van der Waals surface area contributed by atoms with E-state index in [1.807, 2.05) is 54.1 Å². The number of fused-ring (bicyclic) bond motifs is 1. The van der Waals surface area contributed by atoms with Crippen LogP contribution >= 0.6 is 15.9 Å². The van der Waals surface area contributed by atoms with Gasteiger partial charge in [0.2, 0.25) is 0 Å². The molecule has 0 fully saturated rings. The van der Waals surface area contributed by atoms with Crippen LogP contribution in [0.3, 0.4) is 0 Å². The number of benzene rings is 2. The first kappa shape index (κ1) is 17.4. The summed E-state index contributed by atoms with van der Waals surface area (Å²) >= 11 is 3.55. The normalized spacial score (nSPS) is 10.7. The first-order valence-electron chi connectivity index (χ1n) is 7.78. The lowest BCUT2D eigenvalue weighted by Crippen LogP contribution is -2.25. The van der Waals surface area contributed by atoms with Crippen LogP contribution in [-0.2, 0) is 13.6 Å². The molecule has 1 amide bonds. The van der Waals surface area contributed by atoms with E-state index in [0.29, 0.717) is 23.7 Å². The number of ether oxygens (including phenoxy) is 2. The summed E-state index contributed by atoms with van der Waals surface area (Å²) in [6, 6.07) is 13.5. The van der Waals surface area contributed by atoms with Crippen molar-refractivity contribution in [1.82, 2.24) is 9.88 Å². The van der Waals surface area contributed by atoms with E-state index in [0.717, 1.165) is 20.9 Å². The third kappa shape index (κ3) is 3.22. The van der Waals surface area contributed by atoms with Crippen molar-refractivity contribution in [2.45, 2.75) is 6.54 Å². The molecule has 0 atom stereocenters. The highest BCUT2D eigenvalue weighted by atomic mass is 79.9. The quantitative estimate of drug-likeness (QED) is 0.704. The molecule has 5 nitrogen and oxygen atoms in total. The first-order chi connectivity index (χ1) is 12.1. The fraction of sp³-hybridized carbons (Fsp3) is 0.211. The molecule has 0 aliphatic rings. The Morgan fingerprint density at radius 1 is 1.12 bits per heavy atom. The summed E-state index contributed by atoms with van der Waals surface area (Å²) in [5.74, 6) is 1.16. The van der Waals surface area contributed by atoms with E-state index in [4.69, 9.17) is 9.47 Å². The molecule has 2 aromatic carbocycles. The predicted molar refractivity (Wildman–Crippen MR) is 101 cm³/mol. The number of aryl methyl sites for hydroxylation is 1. The van der Waals surface area contributed by atoms with Gasteiger partial charge in [0.25, 0.3) is 5.91 Å². The van der Waals surface area contributed by atoms with Gasteiger partial charge in [-0.1, -0.05) is 24.3 Å². The lowest BCUT2D eigenvalue weighted by molar-refractivity contribution is 0.0942. The zero-order valence-electron chi connectivity index (χ0n) is 14.3. The third-order valence-electron chi connectivity index (χ3n) is 4.16. The second-order valence-electron chi connectivity index (χ2n) is 5.61. The third-order valence-corrected chi connectivity index (χ3v) is 4.96. The Kier molecular flexibility index (Phi) is 4.99. The molecular formula is C19H19BrN2O3. The second-order valence-corrected chi connectivity index (χ2v) is 6.40. The Labute approximate surface area is 154 Å². The van der Waals surface area contributed by atoms with Gasteiger partial charge in [-0.05, 0) is 39.7 Å². The van der Waals surface area contributed by atoms with Crippen LogP contribution in [0.15, 0.2) is 46.9 Å². The summed E-state index contributed by atoms with van der Waals surface area (Å²) in [5, 5.41) is 3.98. The highest BCUT2D eigenvalue weighted by molar-refractivity contribution is 9.10. The Hall–Kier alpha value is -2.47. The zero-order chi connectivity index (χ0) is 18.0. The number of halogens is 1. The molecule has 0 radical (unpaired) electrons. The SMILES string of the molecule is COc1ccc(CNC(=O)c2c(Br)c3ccccc3n2C)cc1OC. The Morgan fingerprint density at radius 2 is 1.84 bits per heavy atom. The Balaban J connectivity index is 1.82. The maximum absolute atomic E-state index is 12.7. The van der Waals surface area contributed by atoms with E-state index >= 15 is 0 Å². The van der Waals surface area contributed by atoms with Crippen LogP contribution in [0.2, 0.25) is 0 Å². The monoisotopic (exact) mass is 402 g/mol. The standard InChI is InChI=1S/C19H19BrN2O3/c1-22-14-7-5-4-6-13(14)17(20)18(22)19(23)21-11-12-8-9-15(24-2)16(10-12)25-3/h4-10H,11H2,1-3H3,(H,21,23). The van der Waals surface area contributed by atoms with Gasteiger partial charge in [0.05, 0.1) is 18.7 Å². The molecule has 1 heterocycles. The molecule has 130 valence electrons. The van der Waals surface area contributed by atoms with Gasteiger partial charge in [-0.3, -0.25) is 4.79 Å². The van der Waals surface area contributed by atoms with E-state index in [1.165, 1.54) is 0 Å². The number of hydrogen-bond donors (Lipinski definition) is 1. The summed E-state index contributed by atoms with van der Waals surface area (Å²) in [4.78, 5) is 12.7. The van der Waals surface area contributed by atoms with Gasteiger partial charge < -0.3 is 19.4 Å². The van der Waals surface area contributed by atoms with Crippen LogP contribution < -0.4 is 14.8 Å². The maximum Gasteiger partial charge on any atom is 0.269 e. The predicted octanol–water partition coefficient (Wildman–Crippen LogP) is 3.89. The van der Waals surface area contributed by atoms with Gasteiger partial charge in [0.15, 0.2) is 11.5 Å². The molecule has 3 rings (SSSR count). The number of hydrogen-bond acceptors (Lipinski definition) is 3. The molecular weight excluding hydrogens is 384 g/mol. The summed E-state index contributed by atoms with van der Waals surface area (Å²) in [6.45, 7) is 0.396. The van der Waals surface area contributed by atoms with Crippen molar-refractivity contribution >= 4 is 32.7 Å². The van der Waals surface area contributed by atoms with Crippen molar-refractivity contribution < 1.29 is 14.3 Å². The number of nitrogens with zero attached hydrogens (tertiary/aromatic N) is 1. The maximum atomic E-state index is 12.7. The summed E-state index contributed by atoms with van der Waals surface area (Å²) < 4.78 is 13.2. The van der Waals surface area contributed by atoms with Crippen molar-refractivity contribution in [3.05, 3.63) is 58.2 Å². The number of para-hydroxylation sites is 1. The molecule has 3 aromatic rings. The lowest BCUT2D eigenvalue weighted by atomic mass is 10.2. The minimum absolute atomic E-state index is 0.139. The molecule has 0 saturated heterocycles. The molecule has 25 heavy (non-hydrogen) atoms. The van der Waals surface area contributed by atoms with Crippen LogP contribution in [0.25, 0.3) is 10.9 Å². The highest BCUT2D eigenvalue weighted by Gasteiger charge is 2.19. The van der Waals surface area contributed by atoms with Gasteiger partial charge in [0, 0.05) is 24.5 Å². The summed E-state index contributed by atoms with van der Waals surface area (Å²) in [7, 11) is 5.07. The van der Waals surface area contributed by atoms with E-state index in [2.05, 4.69) is 21.2 Å². The molecule has 0 saturated carbocycles. The number of aromatic nitrogens is 1. The second kappa shape index (κ2) is 7.19. The van der Waals surface area contributed by atoms with Crippen LogP contribution in [-0.4, -0.2) is 24.7 Å². The fourth-order valence-corrected chi connectivity index (χ4v) is 3.64. The van der Waals surface area contributed by atoms with E-state index in [1.54, 1.807) is 14.2 Å². The van der Waals surface area contributed by atoms with Gasteiger partial charge in [0.1, 0.15) is 5.69 Å². The molecule has 0 aliphatic heterocycles. The minimum Gasteiger partial charge on any atom is -0.493 e. The van der Waals surface area contributed by atoms with Gasteiger partial charge in [-0.2, -0.15) is 0 Å². The van der Waals surface area contributed by atoms with E-state index in [-0.39, 0.29) is 5.91 Å². The van der Waals surface area contributed by atoms with Crippen LogP contribution in [0.4, 0.5) is 0 Å². The molecule has 1 aromatic heterocycles. The summed E-state index contributed by atoms with van der Waals surface area (Å²) in [5.41, 5.74) is 2.54. The molecule has 0 aliphatic carbocycles. The van der Waals surface area contributed by atoms with Gasteiger partial charge in [-0.15, -0.1) is 0 Å². The van der Waals surface area contributed by atoms with E-state index < -0.39 is 0 Å². The Bertz CT molecular complexity index is 895. The first-order valence-corrected chi connectivity index (χ1v) is 8.58.